The number of amides is 1. The number of halogens is 3. The van der Waals surface area contributed by atoms with Gasteiger partial charge in [-0.1, -0.05) is 18.2 Å². The van der Waals surface area contributed by atoms with Gasteiger partial charge in [0.1, 0.15) is 0 Å². The van der Waals surface area contributed by atoms with E-state index in [0.717, 1.165) is 12.1 Å². The Morgan fingerprint density at radius 1 is 1.35 bits per heavy atom. The number of likely N-dealkylation sites (N-methyl/N-ethyl adjacent to an activating group) is 1. The Morgan fingerprint density at radius 3 is 2.57 bits per heavy atom. The molecule has 0 spiro atoms. The number of sulfone groups is 1. The molecule has 0 aromatic heterocycles. The molecule has 1 fully saturated rings. The molecule has 1 aliphatic heterocycles. The van der Waals surface area contributed by atoms with Gasteiger partial charge in [-0.15, -0.1) is 0 Å². The van der Waals surface area contributed by atoms with Gasteiger partial charge in [-0.2, -0.15) is 13.2 Å². The molecule has 1 amide bonds. The molecular weight excluding hydrogens is 331 g/mol. The van der Waals surface area contributed by atoms with Crippen molar-refractivity contribution in [1.29, 1.82) is 0 Å². The summed E-state index contributed by atoms with van der Waals surface area (Å²) in [5.41, 5.74) is -0.529. The van der Waals surface area contributed by atoms with E-state index in [9.17, 15) is 26.4 Å². The monoisotopic (exact) mass is 349 g/mol. The molecule has 1 unspecified atom stereocenters. The van der Waals surface area contributed by atoms with Crippen LogP contribution in [0.5, 0.6) is 0 Å². The molecule has 1 aromatic carbocycles. The first-order valence-electron chi connectivity index (χ1n) is 7.28. The van der Waals surface area contributed by atoms with Gasteiger partial charge in [0.05, 0.1) is 23.5 Å². The molecule has 1 atom stereocenters. The molecule has 1 saturated heterocycles. The molecule has 0 saturated carbocycles. The molecular formula is C15H18F3NO3S. The second kappa shape index (κ2) is 6.51. The second-order valence-electron chi connectivity index (χ2n) is 5.61. The number of alkyl halides is 3. The van der Waals surface area contributed by atoms with Crippen molar-refractivity contribution in [3.8, 4) is 0 Å². The van der Waals surface area contributed by atoms with Crippen LogP contribution in [0.25, 0.3) is 0 Å². The predicted molar refractivity (Wildman–Crippen MR) is 79.6 cm³/mol. The lowest BCUT2D eigenvalue weighted by Gasteiger charge is -2.27. The van der Waals surface area contributed by atoms with Crippen molar-refractivity contribution >= 4 is 15.7 Å². The van der Waals surface area contributed by atoms with E-state index in [1.807, 2.05) is 0 Å². The van der Waals surface area contributed by atoms with E-state index >= 15 is 0 Å². The van der Waals surface area contributed by atoms with Gasteiger partial charge >= 0.3 is 6.18 Å². The van der Waals surface area contributed by atoms with Crippen molar-refractivity contribution in [2.24, 2.45) is 0 Å². The molecule has 1 aliphatic rings. The Morgan fingerprint density at radius 2 is 2.04 bits per heavy atom. The number of hydrogen-bond acceptors (Lipinski definition) is 3. The first-order valence-corrected chi connectivity index (χ1v) is 9.10. The highest BCUT2D eigenvalue weighted by molar-refractivity contribution is 7.91. The lowest BCUT2D eigenvalue weighted by Crippen LogP contribution is -2.41. The van der Waals surface area contributed by atoms with E-state index < -0.39 is 21.6 Å². The summed E-state index contributed by atoms with van der Waals surface area (Å²) in [6.07, 6.45) is -4.25. The van der Waals surface area contributed by atoms with Crippen molar-refractivity contribution in [3.05, 3.63) is 35.4 Å². The number of hydrogen-bond donors (Lipinski definition) is 0. The minimum absolute atomic E-state index is 0.0466. The van der Waals surface area contributed by atoms with Crippen LogP contribution in [-0.2, 0) is 27.2 Å². The normalized spacial score (nSPS) is 20.4. The Kier molecular flexibility index (Phi) is 5.03. The maximum absolute atomic E-state index is 12.7. The van der Waals surface area contributed by atoms with Crippen molar-refractivity contribution < 1.29 is 26.4 Å². The molecule has 2 rings (SSSR count). The summed E-state index contributed by atoms with van der Waals surface area (Å²) in [6.45, 7) is 2.06. The fourth-order valence-corrected chi connectivity index (χ4v) is 4.52. The lowest BCUT2D eigenvalue weighted by atomic mass is 10.1. The lowest BCUT2D eigenvalue weighted by molar-refractivity contribution is -0.138. The average molecular weight is 349 g/mol. The van der Waals surface area contributed by atoms with Crippen LogP contribution in [-0.4, -0.2) is 43.3 Å². The van der Waals surface area contributed by atoms with Crippen molar-refractivity contribution in [1.82, 2.24) is 4.90 Å². The van der Waals surface area contributed by atoms with Gasteiger partial charge in [0.2, 0.25) is 5.91 Å². The fourth-order valence-electron chi connectivity index (χ4n) is 2.79. The number of carbonyl (C=O) groups is 1. The molecule has 0 bridgehead atoms. The molecule has 1 heterocycles. The number of benzene rings is 1. The van der Waals surface area contributed by atoms with E-state index in [1.54, 1.807) is 6.92 Å². The summed E-state index contributed by atoms with van der Waals surface area (Å²) >= 11 is 0. The van der Waals surface area contributed by atoms with Crippen LogP contribution in [0, 0.1) is 0 Å². The maximum Gasteiger partial charge on any atom is 0.416 e. The Labute approximate surface area is 133 Å². The van der Waals surface area contributed by atoms with E-state index in [-0.39, 0.29) is 35.4 Å². The summed E-state index contributed by atoms with van der Waals surface area (Å²) in [5, 5.41) is 0. The Hall–Kier alpha value is -1.57. The summed E-state index contributed by atoms with van der Waals surface area (Å²) in [7, 11) is -3.13. The molecule has 0 radical (unpaired) electrons. The number of carbonyl (C=O) groups excluding carboxylic acids is 1. The van der Waals surface area contributed by atoms with Gasteiger partial charge in [-0.25, -0.2) is 8.42 Å². The highest BCUT2D eigenvalue weighted by Gasteiger charge is 2.34. The summed E-state index contributed by atoms with van der Waals surface area (Å²) in [4.78, 5) is 13.8. The van der Waals surface area contributed by atoms with Gasteiger partial charge in [0.25, 0.3) is 0 Å². The van der Waals surface area contributed by atoms with Crippen LogP contribution >= 0.6 is 0 Å². The second-order valence-corrected chi connectivity index (χ2v) is 7.84. The predicted octanol–water partition coefficient (Wildman–Crippen LogP) is 2.28. The standard InChI is InChI=1S/C15H18F3NO3S/c1-2-19(13-6-7-23(21,22)10-13)14(20)9-11-4-3-5-12(8-11)15(16,17)18/h3-5,8,13H,2,6-7,9-10H2,1H3. The average Bonchev–Trinajstić information content (AvgIpc) is 2.79. The van der Waals surface area contributed by atoms with Gasteiger partial charge in [-0.3, -0.25) is 4.79 Å². The third-order valence-corrected chi connectivity index (χ3v) is 5.67. The maximum atomic E-state index is 12.7. The highest BCUT2D eigenvalue weighted by atomic mass is 32.2. The van der Waals surface area contributed by atoms with Crippen LogP contribution in [0.4, 0.5) is 13.2 Å². The van der Waals surface area contributed by atoms with Crippen molar-refractivity contribution in [2.75, 3.05) is 18.1 Å². The van der Waals surface area contributed by atoms with Gasteiger partial charge in [-0.05, 0) is 25.0 Å². The van der Waals surface area contributed by atoms with Crippen LogP contribution < -0.4 is 0 Å². The smallest absolute Gasteiger partial charge is 0.339 e. The van der Waals surface area contributed by atoms with Crippen LogP contribution in [0.15, 0.2) is 24.3 Å². The summed E-state index contributed by atoms with van der Waals surface area (Å²) in [6, 6.07) is 4.25. The molecule has 23 heavy (non-hydrogen) atoms. The van der Waals surface area contributed by atoms with E-state index in [1.165, 1.54) is 17.0 Å². The minimum Gasteiger partial charge on any atom is -0.339 e. The van der Waals surface area contributed by atoms with E-state index in [0.29, 0.717) is 13.0 Å². The molecule has 0 N–H and O–H groups in total. The van der Waals surface area contributed by atoms with Crippen LogP contribution in [0.2, 0.25) is 0 Å². The SMILES string of the molecule is CCN(C(=O)Cc1cccc(C(F)(F)F)c1)C1CCS(=O)(=O)C1. The quantitative estimate of drug-likeness (QED) is 0.838. The molecule has 8 heteroatoms. The van der Waals surface area contributed by atoms with Gasteiger partial charge in [0.15, 0.2) is 9.84 Å². The van der Waals surface area contributed by atoms with Gasteiger partial charge < -0.3 is 4.90 Å². The van der Waals surface area contributed by atoms with Gasteiger partial charge in [0, 0.05) is 12.6 Å². The molecule has 0 aliphatic carbocycles. The van der Waals surface area contributed by atoms with E-state index in [4.69, 9.17) is 0 Å². The Bertz CT molecular complexity index is 685. The van der Waals surface area contributed by atoms with Crippen LogP contribution in [0.1, 0.15) is 24.5 Å². The minimum atomic E-state index is -4.46. The first kappa shape index (κ1) is 17.8. The van der Waals surface area contributed by atoms with Crippen molar-refractivity contribution in [2.45, 2.75) is 32.0 Å². The molecule has 128 valence electrons. The zero-order chi connectivity index (χ0) is 17.3. The largest absolute Gasteiger partial charge is 0.416 e. The highest BCUT2D eigenvalue weighted by Crippen LogP contribution is 2.29. The topological polar surface area (TPSA) is 54.5 Å². The number of nitrogens with zero attached hydrogens (tertiary/aromatic N) is 1. The van der Waals surface area contributed by atoms with E-state index in [2.05, 4.69) is 0 Å². The molecule has 1 aromatic rings. The third-order valence-electron chi connectivity index (χ3n) is 3.92. The first-order chi connectivity index (χ1) is 10.6. The van der Waals surface area contributed by atoms with Crippen molar-refractivity contribution in [3.63, 3.8) is 0 Å². The summed E-state index contributed by atoms with van der Waals surface area (Å²) < 4.78 is 61.2. The zero-order valence-corrected chi connectivity index (χ0v) is 13.5. The van der Waals surface area contributed by atoms with Crippen LogP contribution in [0.3, 0.4) is 0 Å². The summed E-state index contributed by atoms with van der Waals surface area (Å²) in [5.74, 6) is -0.380. The number of rotatable bonds is 4. The fraction of sp³-hybridized carbons (Fsp3) is 0.533. The zero-order valence-electron chi connectivity index (χ0n) is 12.6. The Balaban J connectivity index is 2.11. The molecule has 4 nitrogen and oxygen atoms in total. The third kappa shape index (κ3) is 4.46.